The Balaban J connectivity index is 1.78. The van der Waals surface area contributed by atoms with Crippen molar-refractivity contribution in [1.82, 2.24) is 5.32 Å². The molecule has 1 saturated carbocycles. The fraction of sp³-hybridized carbons (Fsp3) is 0.429. The Morgan fingerprint density at radius 1 is 1.35 bits per heavy atom. The molecule has 2 aliphatic rings. The SMILES string of the molecule is C[C@@H](OC(=O)c1cc2c(cc1[N+](=O)[O-])OCO2)C(=O)NC1CC1. The van der Waals surface area contributed by atoms with Crippen molar-refractivity contribution in [3.05, 3.63) is 27.8 Å². The van der Waals surface area contributed by atoms with Gasteiger partial charge in [0, 0.05) is 12.1 Å². The summed E-state index contributed by atoms with van der Waals surface area (Å²) >= 11 is 0. The van der Waals surface area contributed by atoms with E-state index in [-0.39, 0.29) is 29.9 Å². The van der Waals surface area contributed by atoms with E-state index in [0.717, 1.165) is 18.9 Å². The zero-order chi connectivity index (χ0) is 16.6. The Morgan fingerprint density at radius 2 is 2.00 bits per heavy atom. The van der Waals surface area contributed by atoms with Crippen molar-refractivity contribution in [1.29, 1.82) is 0 Å². The van der Waals surface area contributed by atoms with Gasteiger partial charge in [-0.1, -0.05) is 0 Å². The molecule has 1 atom stereocenters. The van der Waals surface area contributed by atoms with Crippen molar-refractivity contribution in [2.45, 2.75) is 31.9 Å². The Kier molecular flexibility index (Phi) is 3.77. The van der Waals surface area contributed by atoms with Gasteiger partial charge in [-0.3, -0.25) is 14.9 Å². The van der Waals surface area contributed by atoms with Gasteiger partial charge >= 0.3 is 5.97 Å². The van der Waals surface area contributed by atoms with E-state index in [1.165, 1.54) is 13.0 Å². The summed E-state index contributed by atoms with van der Waals surface area (Å²) in [4.78, 5) is 34.4. The van der Waals surface area contributed by atoms with Gasteiger partial charge in [0.1, 0.15) is 5.56 Å². The van der Waals surface area contributed by atoms with Crippen LogP contribution in [0, 0.1) is 10.1 Å². The van der Waals surface area contributed by atoms with Crippen molar-refractivity contribution < 1.29 is 28.7 Å². The number of hydrogen-bond acceptors (Lipinski definition) is 7. The second-order valence-electron chi connectivity index (χ2n) is 5.31. The van der Waals surface area contributed by atoms with Crippen molar-refractivity contribution in [2.24, 2.45) is 0 Å². The van der Waals surface area contributed by atoms with Crippen molar-refractivity contribution in [3.63, 3.8) is 0 Å². The van der Waals surface area contributed by atoms with E-state index in [0.29, 0.717) is 0 Å². The fourth-order valence-electron chi connectivity index (χ4n) is 2.07. The number of nitro benzene ring substituents is 1. The molecule has 1 amide bonds. The van der Waals surface area contributed by atoms with Crippen LogP contribution in [0.2, 0.25) is 0 Å². The van der Waals surface area contributed by atoms with Gasteiger partial charge in [-0.2, -0.15) is 0 Å². The number of carbonyl (C=O) groups is 2. The molecule has 3 rings (SSSR count). The maximum Gasteiger partial charge on any atom is 0.346 e. The number of ether oxygens (including phenoxy) is 3. The number of carbonyl (C=O) groups excluding carboxylic acids is 2. The molecule has 9 nitrogen and oxygen atoms in total. The number of rotatable bonds is 5. The predicted octanol–water partition coefficient (Wildman–Crippen LogP) is 1.15. The molecule has 1 heterocycles. The van der Waals surface area contributed by atoms with Crippen molar-refractivity contribution in [3.8, 4) is 11.5 Å². The lowest BCUT2D eigenvalue weighted by Crippen LogP contribution is -2.37. The number of amides is 1. The molecule has 122 valence electrons. The maximum absolute atomic E-state index is 12.2. The van der Waals surface area contributed by atoms with E-state index in [1.807, 2.05) is 0 Å². The molecule has 0 bridgehead atoms. The molecule has 1 aliphatic carbocycles. The van der Waals surface area contributed by atoms with Crippen LogP contribution in [0.25, 0.3) is 0 Å². The first kappa shape index (κ1) is 15.1. The molecular weight excluding hydrogens is 308 g/mol. The fourth-order valence-corrected chi connectivity index (χ4v) is 2.07. The van der Waals surface area contributed by atoms with Crippen molar-refractivity contribution >= 4 is 17.6 Å². The molecule has 9 heteroatoms. The normalized spacial score (nSPS) is 16.6. The van der Waals surface area contributed by atoms with Crippen molar-refractivity contribution in [2.75, 3.05) is 6.79 Å². The molecule has 0 saturated heterocycles. The maximum atomic E-state index is 12.2. The summed E-state index contributed by atoms with van der Waals surface area (Å²) in [6, 6.07) is 2.42. The molecule has 1 fully saturated rings. The zero-order valence-electron chi connectivity index (χ0n) is 12.2. The van der Waals surface area contributed by atoms with Gasteiger partial charge in [0.15, 0.2) is 17.6 Å². The largest absolute Gasteiger partial charge is 0.454 e. The standard InChI is InChI=1S/C14H14N2O7/c1-7(13(17)15-8-2-3-8)23-14(18)9-4-11-12(22-6-21-11)5-10(9)16(19)20/h4-5,7-8H,2-3,6H2,1H3,(H,15,17)/t7-/m1/s1. The Bertz CT molecular complexity index is 684. The highest BCUT2D eigenvalue weighted by Gasteiger charge is 2.31. The summed E-state index contributed by atoms with van der Waals surface area (Å²) in [6.07, 6.45) is 0.758. The summed E-state index contributed by atoms with van der Waals surface area (Å²) < 4.78 is 15.2. The molecule has 1 aliphatic heterocycles. The van der Waals surface area contributed by atoms with Crippen LogP contribution in [0.1, 0.15) is 30.1 Å². The van der Waals surface area contributed by atoms with Gasteiger partial charge in [0.05, 0.1) is 11.0 Å². The summed E-state index contributed by atoms with van der Waals surface area (Å²) in [6.45, 7) is 1.33. The number of fused-ring (bicyclic) bond motifs is 1. The minimum absolute atomic E-state index is 0.0782. The Morgan fingerprint density at radius 3 is 2.61 bits per heavy atom. The lowest BCUT2D eigenvalue weighted by molar-refractivity contribution is -0.385. The first-order valence-corrected chi connectivity index (χ1v) is 7.05. The molecule has 0 aromatic heterocycles. The minimum Gasteiger partial charge on any atom is -0.454 e. The molecule has 0 spiro atoms. The molecule has 1 aromatic carbocycles. The summed E-state index contributed by atoms with van der Waals surface area (Å²) in [7, 11) is 0. The zero-order valence-corrected chi connectivity index (χ0v) is 12.2. The summed E-state index contributed by atoms with van der Waals surface area (Å²) in [5.74, 6) is -0.983. The molecule has 1 aromatic rings. The van der Waals surface area contributed by atoms with E-state index in [4.69, 9.17) is 14.2 Å². The average Bonchev–Trinajstić information content (AvgIpc) is 3.19. The number of nitro groups is 1. The highest BCUT2D eigenvalue weighted by molar-refractivity contribution is 5.96. The molecule has 0 unspecified atom stereocenters. The van der Waals surface area contributed by atoms with E-state index < -0.39 is 28.6 Å². The van der Waals surface area contributed by atoms with Crippen LogP contribution in [0.5, 0.6) is 11.5 Å². The minimum atomic E-state index is -1.05. The lowest BCUT2D eigenvalue weighted by Gasteiger charge is -2.13. The van der Waals surface area contributed by atoms with Crippen LogP contribution in [0.15, 0.2) is 12.1 Å². The van der Waals surface area contributed by atoms with Crippen LogP contribution in [-0.2, 0) is 9.53 Å². The number of hydrogen-bond donors (Lipinski definition) is 1. The van der Waals surface area contributed by atoms with E-state index in [9.17, 15) is 19.7 Å². The summed E-state index contributed by atoms with van der Waals surface area (Å²) in [5.41, 5.74) is -0.751. The third-order valence-corrected chi connectivity index (χ3v) is 3.48. The van der Waals surface area contributed by atoms with Crippen LogP contribution in [-0.4, -0.2) is 35.7 Å². The number of nitrogens with zero attached hydrogens (tertiary/aromatic N) is 1. The smallest absolute Gasteiger partial charge is 0.346 e. The first-order valence-electron chi connectivity index (χ1n) is 7.05. The van der Waals surface area contributed by atoms with Gasteiger partial charge < -0.3 is 19.5 Å². The number of benzene rings is 1. The van der Waals surface area contributed by atoms with Gasteiger partial charge in [0.25, 0.3) is 11.6 Å². The average molecular weight is 322 g/mol. The third kappa shape index (κ3) is 3.17. The van der Waals surface area contributed by atoms with Gasteiger partial charge in [-0.05, 0) is 19.8 Å². The molecule has 0 radical (unpaired) electrons. The second-order valence-corrected chi connectivity index (χ2v) is 5.31. The molecule has 23 heavy (non-hydrogen) atoms. The van der Waals surface area contributed by atoms with Crippen LogP contribution >= 0.6 is 0 Å². The second kappa shape index (κ2) is 5.75. The van der Waals surface area contributed by atoms with E-state index in [2.05, 4.69) is 5.32 Å². The number of esters is 1. The monoisotopic (exact) mass is 322 g/mol. The lowest BCUT2D eigenvalue weighted by atomic mass is 10.1. The number of nitrogens with one attached hydrogen (secondary N) is 1. The van der Waals surface area contributed by atoms with Crippen LogP contribution in [0.3, 0.4) is 0 Å². The Labute approximate surface area is 130 Å². The van der Waals surface area contributed by atoms with E-state index >= 15 is 0 Å². The quantitative estimate of drug-likeness (QED) is 0.491. The molecule has 1 N–H and O–H groups in total. The molecular formula is C14H14N2O7. The predicted molar refractivity (Wildman–Crippen MR) is 75.3 cm³/mol. The topological polar surface area (TPSA) is 117 Å². The van der Waals surface area contributed by atoms with Gasteiger partial charge in [-0.25, -0.2) is 4.79 Å². The highest BCUT2D eigenvalue weighted by Crippen LogP contribution is 2.38. The first-order chi connectivity index (χ1) is 11.0. The van der Waals surface area contributed by atoms with Gasteiger partial charge in [-0.15, -0.1) is 0 Å². The van der Waals surface area contributed by atoms with Gasteiger partial charge in [0.2, 0.25) is 6.79 Å². The van der Waals surface area contributed by atoms with Crippen LogP contribution < -0.4 is 14.8 Å². The third-order valence-electron chi connectivity index (χ3n) is 3.48. The Hall–Kier alpha value is -2.84. The summed E-state index contributed by atoms with van der Waals surface area (Å²) in [5, 5.41) is 13.8. The highest BCUT2D eigenvalue weighted by atomic mass is 16.7. The van der Waals surface area contributed by atoms with E-state index in [1.54, 1.807) is 0 Å². The van der Waals surface area contributed by atoms with Crippen LogP contribution in [0.4, 0.5) is 5.69 Å².